The second-order valence-electron chi connectivity index (χ2n) is 5.92. The Bertz CT molecular complexity index is 703. The van der Waals surface area contributed by atoms with Crippen molar-refractivity contribution in [2.75, 3.05) is 11.9 Å². The highest BCUT2D eigenvalue weighted by Crippen LogP contribution is 2.26. The Labute approximate surface area is 134 Å². The first kappa shape index (κ1) is 15.2. The summed E-state index contributed by atoms with van der Waals surface area (Å²) in [5.74, 6) is 0.0397. The number of nitrogens with one attached hydrogen (secondary N) is 1. The minimum absolute atomic E-state index is 0.0397. The first-order chi connectivity index (χ1) is 10.5. The number of carbonyl (C=O) groups is 1. The third-order valence-corrected chi connectivity index (χ3v) is 5.54. The Morgan fingerprint density at radius 1 is 1.45 bits per heavy atom. The molecular weight excluding hydrogens is 296 g/mol. The molecule has 1 aliphatic heterocycles. The van der Waals surface area contributed by atoms with E-state index in [1.807, 2.05) is 39.2 Å². The second-order valence-corrected chi connectivity index (χ2v) is 6.92. The molecule has 0 fully saturated rings. The quantitative estimate of drug-likeness (QED) is 0.946. The number of nitrogens with zero attached hydrogens (tertiary/aromatic N) is 3. The maximum Gasteiger partial charge on any atom is 0.241 e. The van der Waals surface area contributed by atoms with Gasteiger partial charge in [-0.15, -0.1) is 11.3 Å². The highest BCUT2D eigenvalue weighted by atomic mass is 32.1. The van der Waals surface area contributed by atoms with E-state index >= 15 is 0 Å². The maximum atomic E-state index is 12.6. The van der Waals surface area contributed by atoms with Gasteiger partial charge in [-0.3, -0.25) is 14.4 Å². The summed E-state index contributed by atoms with van der Waals surface area (Å²) in [6, 6.07) is 2.03. The molecule has 3 heterocycles. The topological polar surface area (TPSA) is 50.2 Å². The van der Waals surface area contributed by atoms with Crippen molar-refractivity contribution in [1.82, 2.24) is 14.7 Å². The molecule has 0 radical (unpaired) electrons. The van der Waals surface area contributed by atoms with Gasteiger partial charge in [0.1, 0.15) is 0 Å². The van der Waals surface area contributed by atoms with Gasteiger partial charge in [-0.25, -0.2) is 0 Å². The average Bonchev–Trinajstić information content (AvgIpc) is 3.05. The molecule has 6 heteroatoms. The van der Waals surface area contributed by atoms with Crippen LogP contribution in [0.3, 0.4) is 0 Å². The Morgan fingerprint density at radius 3 is 2.91 bits per heavy atom. The maximum absolute atomic E-state index is 12.6. The summed E-state index contributed by atoms with van der Waals surface area (Å²) >= 11 is 1.82. The number of amides is 1. The van der Waals surface area contributed by atoms with E-state index < -0.39 is 0 Å². The van der Waals surface area contributed by atoms with Gasteiger partial charge in [0.15, 0.2) is 0 Å². The van der Waals surface area contributed by atoms with E-state index in [-0.39, 0.29) is 11.9 Å². The Kier molecular flexibility index (Phi) is 4.06. The monoisotopic (exact) mass is 318 g/mol. The summed E-state index contributed by atoms with van der Waals surface area (Å²) < 4.78 is 1.80. The van der Waals surface area contributed by atoms with E-state index in [0.29, 0.717) is 0 Å². The molecule has 2 aromatic rings. The molecule has 2 aromatic heterocycles. The lowest BCUT2D eigenvalue weighted by Crippen LogP contribution is -2.44. The molecule has 0 aromatic carbocycles. The third-order valence-electron chi connectivity index (χ3n) is 4.52. The Balaban J connectivity index is 1.70. The first-order valence-electron chi connectivity index (χ1n) is 7.57. The number of thiophene rings is 1. The van der Waals surface area contributed by atoms with Gasteiger partial charge >= 0.3 is 0 Å². The minimum Gasteiger partial charge on any atom is -0.322 e. The predicted molar refractivity (Wildman–Crippen MR) is 89.2 cm³/mol. The fourth-order valence-electron chi connectivity index (χ4n) is 2.95. The second kappa shape index (κ2) is 5.85. The zero-order valence-corrected chi connectivity index (χ0v) is 14.3. The van der Waals surface area contributed by atoms with Crippen LogP contribution < -0.4 is 5.32 Å². The normalized spacial score (nSPS) is 16.4. The summed E-state index contributed by atoms with van der Waals surface area (Å²) in [6.45, 7) is 7.67. The van der Waals surface area contributed by atoms with Crippen LogP contribution in [0, 0.1) is 13.8 Å². The minimum atomic E-state index is -0.146. The van der Waals surface area contributed by atoms with Gasteiger partial charge in [0.05, 0.1) is 23.1 Å². The molecule has 0 saturated heterocycles. The van der Waals surface area contributed by atoms with Crippen molar-refractivity contribution in [3.63, 3.8) is 0 Å². The van der Waals surface area contributed by atoms with Gasteiger partial charge in [-0.1, -0.05) is 0 Å². The van der Waals surface area contributed by atoms with E-state index in [0.717, 1.165) is 36.6 Å². The molecule has 0 unspecified atom stereocenters. The molecule has 0 aliphatic carbocycles. The Hall–Kier alpha value is -1.66. The van der Waals surface area contributed by atoms with Crippen molar-refractivity contribution in [2.24, 2.45) is 7.05 Å². The van der Waals surface area contributed by atoms with Gasteiger partial charge < -0.3 is 5.32 Å². The molecule has 5 nitrogen and oxygen atoms in total. The molecule has 1 aliphatic rings. The lowest BCUT2D eigenvalue weighted by atomic mass is 10.1. The van der Waals surface area contributed by atoms with Crippen molar-refractivity contribution in [1.29, 1.82) is 0 Å². The van der Waals surface area contributed by atoms with Crippen LogP contribution in [-0.4, -0.2) is 33.2 Å². The molecule has 118 valence electrons. The van der Waals surface area contributed by atoms with Crippen molar-refractivity contribution >= 4 is 22.9 Å². The van der Waals surface area contributed by atoms with E-state index in [1.165, 1.54) is 10.4 Å². The van der Waals surface area contributed by atoms with Crippen LogP contribution >= 0.6 is 11.3 Å². The number of aromatic nitrogens is 2. The standard InChI is InChI=1S/C16H22N4OS/c1-10-15(11(2)19(4)18-10)17-16(21)12(3)20-7-5-14-13(9-20)6-8-22-14/h6,8,12H,5,7,9H2,1-4H3,(H,17,21)/t12-/m0/s1. The molecule has 3 rings (SSSR count). The van der Waals surface area contributed by atoms with Crippen LogP contribution in [0.5, 0.6) is 0 Å². The van der Waals surface area contributed by atoms with Crippen molar-refractivity contribution < 1.29 is 4.79 Å². The van der Waals surface area contributed by atoms with E-state index in [1.54, 1.807) is 4.68 Å². The van der Waals surface area contributed by atoms with Crippen LogP contribution in [-0.2, 0) is 24.8 Å². The highest BCUT2D eigenvalue weighted by Gasteiger charge is 2.26. The predicted octanol–water partition coefficient (Wildman–Crippen LogP) is 2.48. The molecule has 0 spiro atoms. The molecule has 1 atom stereocenters. The van der Waals surface area contributed by atoms with Gasteiger partial charge in [-0.05, 0) is 44.2 Å². The number of rotatable bonds is 3. The van der Waals surface area contributed by atoms with Gasteiger partial charge in [0.2, 0.25) is 5.91 Å². The third kappa shape index (κ3) is 2.68. The Morgan fingerprint density at radius 2 is 2.23 bits per heavy atom. The van der Waals surface area contributed by atoms with Crippen molar-refractivity contribution in [3.05, 3.63) is 33.3 Å². The van der Waals surface area contributed by atoms with Crippen molar-refractivity contribution in [2.45, 2.75) is 39.8 Å². The lowest BCUT2D eigenvalue weighted by Gasteiger charge is -2.31. The summed E-state index contributed by atoms with van der Waals surface area (Å²) in [4.78, 5) is 16.3. The van der Waals surface area contributed by atoms with Gasteiger partial charge in [0, 0.05) is 25.0 Å². The molecule has 1 N–H and O–H groups in total. The van der Waals surface area contributed by atoms with Crippen LogP contribution in [0.25, 0.3) is 0 Å². The number of fused-ring (bicyclic) bond motifs is 1. The lowest BCUT2D eigenvalue weighted by molar-refractivity contribution is -0.121. The van der Waals surface area contributed by atoms with Crippen molar-refractivity contribution in [3.8, 4) is 0 Å². The van der Waals surface area contributed by atoms with Gasteiger partial charge in [-0.2, -0.15) is 5.10 Å². The number of carbonyl (C=O) groups excluding carboxylic acids is 1. The van der Waals surface area contributed by atoms with E-state index in [9.17, 15) is 4.79 Å². The molecule has 0 saturated carbocycles. The molecule has 22 heavy (non-hydrogen) atoms. The summed E-state index contributed by atoms with van der Waals surface area (Å²) in [5, 5.41) is 9.54. The average molecular weight is 318 g/mol. The highest BCUT2D eigenvalue weighted by molar-refractivity contribution is 7.10. The van der Waals surface area contributed by atoms with E-state index in [4.69, 9.17) is 0 Å². The zero-order chi connectivity index (χ0) is 15.9. The number of aryl methyl sites for hydroxylation is 2. The number of hydrogen-bond acceptors (Lipinski definition) is 4. The zero-order valence-electron chi connectivity index (χ0n) is 13.5. The summed E-state index contributed by atoms with van der Waals surface area (Å²) in [7, 11) is 1.89. The fourth-order valence-corrected chi connectivity index (χ4v) is 3.84. The van der Waals surface area contributed by atoms with Gasteiger partial charge in [0.25, 0.3) is 0 Å². The van der Waals surface area contributed by atoms with Crippen LogP contribution in [0.1, 0.15) is 28.8 Å². The number of anilines is 1. The fraction of sp³-hybridized carbons (Fsp3) is 0.500. The largest absolute Gasteiger partial charge is 0.322 e. The summed E-state index contributed by atoms with van der Waals surface area (Å²) in [5.41, 5.74) is 4.05. The number of hydrogen-bond donors (Lipinski definition) is 1. The SMILES string of the molecule is Cc1nn(C)c(C)c1NC(=O)[C@H](C)N1CCc2sccc2C1. The molecule has 1 amide bonds. The van der Waals surface area contributed by atoms with Crippen LogP contribution in [0.15, 0.2) is 11.4 Å². The van der Waals surface area contributed by atoms with Crippen LogP contribution in [0.2, 0.25) is 0 Å². The molecule has 0 bridgehead atoms. The summed E-state index contributed by atoms with van der Waals surface area (Å²) in [6.07, 6.45) is 1.04. The van der Waals surface area contributed by atoms with E-state index in [2.05, 4.69) is 26.8 Å². The smallest absolute Gasteiger partial charge is 0.241 e. The van der Waals surface area contributed by atoms with Crippen LogP contribution in [0.4, 0.5) is 5.69 Å². The molecular formula is C16H22N4OS. The first-order valence-corrected chi connectivity index (χ1v) is 8.45.